The molecule has 0 radical (unpaired) electrons. The lowest BCUT2D eigenvalue weighted by molar-refractivity contribution is -0.153. The van der Waals surface area contributed by atoms with Gasteiger partial charge in [-0.3, -0.25) is 0 Å². The third kappa shape index (κ3) is 3.98. The van der Waals surface area contributed by atoms with Gasteiger partial charge in [-0.25, -0.2) is 18.0 Å². The third-order valence-corrected chi connectivity index (χ3v) is 2.92. The molecule has 2 rings (SSSR count). The maximum Gasteiger partial charge on any atom is 0.422 e. The van der Waals surface area contributed by atoms with Crippen molar-refractivity contribution >= 4 is 5.97 Å². The Bertz CT molecular complexity index is 786. The predicted molar refractivity (Wildman–Crippen MR) is 70.3 cm³/mol. The van der Waals surface area contributed by atoms with E-state index >= 15 is 0 Å². The zero-order valence-electron chi connectivity index (χ0n) is 11.6. The predicted octanol–water partition coefficient (Wildman–Crippen LogP) is 4.41. The van der Waals surface area contributed by atoms with E-state index in [2.05, 4.69) is 4.74 Å². The largest absolute Gasteiger partial charge is 0.484 e. The molecule has 0 spiro atoms. The number of halogens is 6. The number of alkyl halides is 3. The second-order valence-electron chi connectivity index (χ2n) is 4.66. The lowest BCUT2D eigenvalue weighted by Crippen LogP contribution is -2.19. The van der Waals surface area contributed by atoms with Crippen LogP contribution in [0.25, 0.3) is 11.1 Å². The molecule has 0 atom stereocenters. The smallest absolute Gasteiger partial charge is 0.422 e. The molecule has 2 aromatic carbocycles. The Morgan fingerprint density at radius 3 is 2.17 bits per heavy atom. The second kappa shape index (κ2) is 6.42. The van der Waals surface area contributed by atoms with Crippen LogP contribution in [-0.4, -0.2) is 23.9 Å². The highest BCUT2D eigenvalue weighted by molar-refractivity contribution is 5.96. The van der Waals surface area contributed by atoms with Crippen molar-refractivity contribution in [2.45, 2.75) is 6.18 Å². The van der Waals surface area contributed by atoms with E-state index in [0.717, 1.165) is 18.2 Å². The van der Waals surface area contributed by atoms with Crippen LogP contribution in [0.5, 0.6) is 5.75 Å². The number of hydrogen-bond acceptors (Lipinski definition) is 2. The number of ether oxygens (including phenoxy) is 1. The lowest BCUT2D eigenvalue weighted by atomic mass is 9.98. The quantitative estimate of drug-likeness (QED) is 0.656. The third-order valence-electron chi connectivity index (χ3n) is 2.92. The van der Waals surface area contributed by atoms with Crippen LogP contribution < -0.4 is 4.74 Å². The topological polar surface area (TPSA) is 46.5 Å². The number of carboxylic acids is 1. The van der Waals surface area contributed by atoms with Crippen LogP contribution in [0.2, 0.25) is 0 Å². The zero-order valence-corrected chi connectivity index (χ0v) is 11.6. The first-order valence-corrected chi connectivity index (χ1v) is 6.30. The number of benzene rings is 2. The van der Waals surface area contributed by atoms with E-state index in [-0.39, 0.29) is 11.6 Å². The maximum atomic E-state index is 13.8. The highest BCUT2D eigenvalue weighted by atomic mass is 19.4. The average molecular weight is 350 g/mol. The molecule has 1 N–H and O–H groups in total. The molecule has 0 aliphatic carbocycles. The number of hydrogen-bond donors (Lipinski definition) is 1. The van der Waals surface area contributed by atoms with Gasteiger partial charge in [0.15, 0.2) is 18.2 Å². The molecule has 9 heteroatoms. The highest BCUT2D eigenvalue weighted by Crippen LogP contribution is 2.31. The fourth-order valence-corrected chi connectivity index (χ4v) is 1.92. The van der Waals surface area contributed by atoms with Crippen LogP contribution in [0, 0.1) is 17.5 Å². The number of rotatable bonds is 4. The Balaban J connectivity index is 2.48. The Morgan fingerprint density at radius 2 is 1.58 bits per heavy atom. The second-order valence-corrected chi connectivity index (χ2v) is 4.66. The average Bonchev–Trinajstić information content (AvgIpc) is 2.48. The van der Waals surface area contributed by atoms with Gasteiger partial charge in [0.1, 0.15) is 11.6 Å². The molecule has 0 aromatic heterocycles. The van der Waals surface area contributed by atoms with Crippen LogP contribution in [0.1, 0.15) is 10.4 Å². The van der Waals surface area contributed by atoms with E-state index in [9.17, 15) is 31.1 Å². The van der Waals surface area contributed by atoms with Crippen LogP contribution in [-0.2, 0) is 0 Å². The molecule has 0 aliphatic rings. The molecule has 0 amide bonds. The molecular formula is C15H8F6O3. The fourth-order valence-electron chi connectivity index (χ4n) is 1.92. The van der Waals surface area contributed by atoms with Crippen molar-refractivity contribution in [3.8, 4) is 16.9 Å². The molecular weight excluding hydrogens is 342 g/mol. The van der Waals surface area contributed by atoms with Gasteiger partial charge in [0.2, 0.25) is 0 Å². The first-order chi connectivity index (χ1) is 11.1. The summed E-state index contributed by atoms with van der Waals surface area (Å²) in [7, 11) is 0. The number of carboxylic acid groups (broad SMARTS) is 1. The molecule has 24 heavy (non-hydrogen) atoms. The summed E-state index contributed by atoms with van der Waals surface area (Å²) in [6, 6.07) is 3.36. The molecule has 0 saturated heterocycles. The van der Waals surface area contributed by atoms with Gasteiger partial charge in [0.25, 0.3) is 0 Å². The van der Waals surface area contributed by atoms with E-state index in [1.54, 1.807) is 0 Å². The van der Waals surface area contributed by atoms with Crippen molar-refractivity contribution in [3.63, 3.8) is 0 Å². The van der Waals surface area contributed by atoms with Crippen molar-refractivity contribution in [2.75, 3.05) is 6.61 Å². The molecule has 0 saturated carbocycles. The highest BCUT2D eigenvalue weighted by Gasteiger charge is 2.28. The summed E-state index contributed by atoms with van der Waals surface area (Å²) in [5, 5.41) is 9.13. The summed E-state index contributed by atoms with van der Waals surface area (Å²) < 4.78 is 80.8. The summed E-state index contributed by atoms with van der Waals surface area (Å²) in [4.78, 5) is 11.2. The summed E-state index contributed by atoms with van der Waals surface area (Å²) in [6.07, 6.45) is -4.63. The van der Waals surface area contributed by atoms with E-state index in [1.165, 1.54) is 0 Å². The summed E-state index contributed by atoms with van der Waals surface area (Å²) in [5.41, 5.74) is -1.51. The van der Waals surface area contributed by atoms with E-state index in [0.29, 0.717) is 6.07 Å². The molecule has 0 heterocycles. The van der Waals surface area contributed by atoms with Gasteiger partial charge in [-0.1, -0.05) is 0 Å². The minimum absolute atomic E-state index is 0.240. The number of carbonyl (C=O) groups is 1. The van der Waals surface area contributed by atoms with Gasteiger partial charge >= 0.3 is 12.1 Å². The SMILES string of the molecule is O=C(O)c1cc(OCC(F)(F)F)ccc1-c1cc(F)c(F)cc1F. The maximum absolute atomic E-state index is 13.8. The number of aromatic carboxylic acids is 1. The molecule has 0 bridgehead atoms. The molecule has 2 aromatic rings. The summed E-state index contributed by atoms with van der Waals surface area (Å²) in [5.74, 6) is -6.11. The fraction of sp³-hybridized carbons (Fsp3) is 0.133. The van der Waals surface area contributed by atoms with Crippen molar-refractivity contribution < 1.29 is 41.0 Å². The molecule has 0 unspecified atom stereocenters. The van der Waals surface area contributed by atoms with Crippen LogP contribution in [0.15, 0.2) is 30.3 Å². The molecule has 0 aliphatic heterocycles. The van der Waals surface area contributed by atoms with Gasteiger partial charge in [-0.2, -0.15) is 13.2 Å². The first kappa shape index (κ1) is 17.6. The van der Waals surface area contributed by atoms with Gasteiger partial charge < -0.3 is 9.84 Å². The Hall–Kier alpha value is -2.71. The first-order valence-electron chi connectivity index (χ1n) is 6.30. The van der Waals surface area contributed by atoms with Gasteiger partial charge in [0.05, 0.1) is 5.56 Å². The Labute approximate surface area is 131 Å². The lowest BCUT2D eigenvalue weighted by Gasteiger charge is -2.12. The van der Waals surface area contributed by atoms with Gasteiger partial charge in [-0.15, -0.1) is 0 Å². The van der Waals surface area contributed by atoms with Gasteiger partial charge in [-0.05, 0) is 29.8 Å². The normalized spacial score (nSPS) is 11.4. The van der Waals surface area contributed by atoms with Crippen molar-refractivity contribution in [2.24, 2.45) is 0 Å². The molecule has 3 nitrogen and oxygen atoms in total. The standard InChI is InChI=1S/C15H8F6O3/c16-11-5-13(18)12(17)4-9(11)8-2-1-7(3-10(8)14(22)23)24-6-15(19,20)21/h1-5H,6H2,(H,22,23). The van der Waals surface area contributed by atoms with Crippen molar-refractivity contribution in [3.05, 3.63) is 53.3 Å². The summed E-state index contributed by atoms with van der Waals surface area (Å²) >= 11 is 0. The van der Waals surface area contributed by atoms with Crippen molar-refractivity contribution in [1.82, 2.24) is 0 Å². The Kier molecular flexibility index (Phi) is 4.72. The van der Waals surface area contributed by atoms with E-state index in [1.807, 2.05) is 0 Å². The minimum atomic E-state index is -4.63. The van der Waals surface area contributed by atoms with Crippen LogP contribution in [0.3, 0.4) is 0 Å². The summed E-state index contributed by atoms with van der Waals surface area (Å²) in [6.45, 7) is -1.65. The van der Waals surface area contributed by atoms with E-state index < -0.39 is 53.1 Å². The molecule has 128 valence electrons. The van der Waals surface area contributed by atoms with Crippen LogP contribution in [0.4, 0.5) is 26.3 Å². The van der Waals surface area contributed by atoms with Gasteiger partial charge in [0, 0.05) is 11.6 Å². The monoisotopic (exact) mass is 350 g/mol. The van der Waals surface area contributed by atoms with Crippen LogP contribution >= 0.6 is 0 Å². The van der Waals surface area contributed by atoms with E-state index in [4.69, 9.17) is 5.11 Å². The Morgan fingerprint density at radius 1 is 0.958 bits per heavy atom. The molecule has 0 fully saturated rings. The zero-order chi connectivity index (χ0) is 18.1. The van der Waals surface area contributed by atoms with Crippen molar-refractivity contribution in [1.29, 1.82) is 0 Å². The minimum Gasteiger partial charge on any atom is -0.484 e.